The minimum atomic E-state index is -0.407. The topological polar surface area (TPSA) is 72.7 Å². The van der Waals surface area contributed by atoms with E-state index in [0.29, 0.717) is 19.6 Å². The summed E-state index contributed by atoms with van der Waals surface area (Å²) in [6.07, 6.45) is 1.94. The Hall–Kier alpha value is -2.89. The van der Waals surface area contributed by atoms with Gasteiger partial charge in [-0.2, -0.15) is 0 Å². The number of carbonyl (C=O) groups is 1. The van der Waals surface area contributed by atoms with E-state index in [1.807, 2.05) is 30.3 Å². The summed E-state index contributed by atoms with van der Waals surface area (Å²) in [6, 6.07) is 16.3. The Morgan fingerprint density at radius 2 is 1.68 bits per heavy atom. The standard InChI is InChI=1S/C19H22N2O4/c1-2-25-19(22)10-6-7-15-20(16-8-4-3-5-9-16)17-11-13-18(14-12-17)21(23)24/h3-5,8-9,11-14H,2,6-7,10,15H2,1H3. The second-order valence-electron chi connectivity index (χ2n) is 5.52. The maximum absolute atomic E-state index is 11.4. The van der Waals surface area contributed by atoms with Crippen molar-refractivity contribution in [3.63, 3.8) is 0 Å². The van der Waals surface area contributed by atoms with E-state index in [4.69, 9.17) is 4.74 Å². The molecule has 2 aromatic carbocycles. The van der Waals surface area contributed by atoms with E-state index in [1.54, 1.807) is 19.1 Å². The zero-order valence-electron chi connectivity index (χ0n) is 14.3. The summed E-state index contributed by atoms with van der Waals surface area (Å²) in [5.41, 5.74) is 1.96. The van der Waals surface area contributed by atoms with Crippen molar-refractivity contribution in [3.05, 3.63) is 64.7 Å². The van der Waals surface area contributed by atoms with Crippen LogP contribution < -0.4 is 4.90 Å². The van der Waals surface area contributed by atoms with Gasteiger partial charge in [0.1, 0.15) is 0 Å². The van der Waals surface area contributed by atoms with Gasteiger partial charge in [0.05, 0.1) is 11.5 Å². The molecule has 0 unspecified atom stereocenters. The highest BCUT2D eigenvalue weighted by atomic mass is 16.6. The number of hydrogen-bond donors (Lipinski definition) is 0. The molecule has 0 aliphatic rings. The van der Waals surface area contributed by atoms with Crippen LogP contribution in [-0.4, -0.2) is 24.0 Å². The quantitative estimate of drug-likeness (QED) is 0.291. The lowest BCUT2D eigenvalue weighted by molar-refractivity contribution is -0.384. The van der Waals surface area contributed by atoms with Crippen LogP contribution in [0.25, 0.3) is 0 Å². The summed E-state index contributed by atoms with van der Waals surface area (Å²) in [6.45, 7) is 2.91. The van der Waals surface area contributed by atoms with E-state index in [2.05, 4.69) is 4.90 Å². The Bertz CT molecular complexity index is 686. The van der Waals surface area contributed by atoms with Gasteiger partial charge in [-0.3, -0.25) is 14.9 Å². The summed E-state index contributed by atoms with van der Waals surface area (Å²) in [5.74, 6) is -0.177. The number of nitro benzene ring substituents is 1. The SMILES string of the molecule is CCOC(=O)CCCCN(c1ccccc1)c1ccc([N+](=O)[O-])cc1. The summed E-state index contributed by atoms with van der Waals surface area (Å²) >= 11 is 0. The number of ether oxygens (including phenoxy) is 1. The van der Waals surface area contributed by atoms with E-state index in [0.717, 1.165) is 24.2 Å². The molecule has 6 heteroatoms. The summed E-state index contributed by atoms with van der Waals surface area (Å²) < 4.78 is 4.94. The molecule has 0 saturated heterocycles. The average molecular weight is 342 g/mol. The van der Waals surface area contributed by atoms with Crippen LogP contribution in [-0.2, 0) is 9.53 Å². The van der Waals surface area contributed by atoms with Crippen LogP contribution in [0.5, 0.6) is 0 Å². The van der Waals surface area contributed by atoms with Crippen molar-refractivity contribution < 1.29 is 14.5 Å². The molecular weight excluding hydrogens is 320 g/mol. The second-order valence-corrected chi connectivity index (χ2v) is 5.52. The zero-order chi connectivity index (χ0) is 18.1. The first-order valence-corrected chi connectivity index (χ1v) is 8.34. The number of esters is 1. The Balaban J connectivity index is 2.06. The highest BCUT2D eigenvalue weighted by Gasteiger charge is 2.12. The predicted molar refractivity (Wildman–Crippen MR) is 97.0 cm³/mol. The molecule has 0 atom stereocenters. The van der Waals surface area contributed by atoms with Crippen molar-refractivity contribution in [3.8, 4) is 0 Å². The van der Waals surface area contributed by atoms with Gasteiger partial charge in [0.2, 0.25) is 0 Å². The monoisotopic (exact) mass is 342 g/mol. The van der Waals surface area contributed by atoms with Crippen molar-refractivity contribution in [2.75, 3.05) is 18.1 Å². The first-order chi connectivity index (χ1) is 12.1. The van der Waals surface area contributed by atoms with Gasteiger partial charge in [-0.1, -0.05) is 18.2 Å². The molecule has 0 radical (unpaired) electrons. The molecule has 0 N–H and O–H groups in total. The van der Waals surface area contributed by atoms with Gasteiger partial charge in [0, 0.05) is 36.5 Å². The van der Waals surface area contributed by atoms with Gasteiger partial charge in [0.15, 0.2) is 0 Å². The van der Waals surface area contributed by atoms with Crippen LogP contribution in [0.15, 0.2) is 54.6 Å². The number of rotatable bonds is 9. The van der Waals surface area contributed by atoms with Crippen LogP contribution in [0.1, 0.15) is 26.2 Å². The maximum Gasteiger partial charge on any atom is 0.305 e. The number of non-ortho nitro benzene ring substituents is 1. The molecule has 0 bridgehead atoms. The normalized spacial score (nSPS) is 10.3. The molecule has 2 aromatic rings. The van der Waals surface area contributed by atoms with E-state index < -0.39 is 4.92 Å². The fourth-order valence-corrected chi connectivity index (χ4v) is 2.54. The minimum Gasteiger partial charge on any atom is -0.466 e. The molecule has 0 aliphatic carbocycles. The second kappa shape index (κ2) is 9.42. The fraction of sp³-hybridized carbons (Fsp3) is 0.316. The highest BCUT2D eigenvalue weighted by Crippen LogP contribution is 2.27. The Labute approximate surface area is 147 Å². The Kier molecular flexibility index (Phi) is 6.95. The Morgan fingerprint density at radius 1 is 1.04 bits per heavy atom. The lowest BCUT2D eigenvalue weighted by atomic mass is 10.2. The molecule has 25 heavy (non-hydrogen) atoms. The summed E-state index contributed by atoms with van der Waals surface area (Å²) in [5, 5.41) is 10.8. The third kappa shape index (κ3) is 5.60. The van der Waals surface area contributed by atoms with E-state index >= 15 is 0 Å². The van der Waals surface area contributed by atoms with Crippen molar-refractivity contribution in [1.82, 2.24) is 0 Å². The zero-order valence-corrected chi connectivity index (χ0v) is 14.3. The van der Waals surface area contributed by atoms with Gasteiger partial charge in [-0.25, -0.2) is 0 Å². The number of hydrogen-bond acceptors (Lipinski definition) is 5. The van der Waals surface area contributed by atoms with Gasteiger partial charge < -0.3 is 9.64 Å². The number of nitro groups is 1. The largest absolute Gasteiger partial charge is 0.466 e. The smallest absolute Gasteiger partial charge is 0.305 e. The fourth-order valence-electron chi connectivity index (χ4n) is 2.54. The van der Waals surface area contributed by atoms with E-state index in [1.165, 1.54) is 12.1 Å². The number of nitrogens with zero attached hydrogens (tertiary/aromatic N) is 2. The van der Waals surface area contributed by atoms with Crippen molar-refractivity contribution in [1.29, 1.82) is 0 Å². The molecule has 0 aliphatic heterocycles. The highest BCUT2D eigenvalue weighted by molar-refractivity contribution is 5.69. The number of unbranched alkanes of at least 4 members (excludes halogenated alkanes) is 1. The molecule has 0 spiro atoms. The Morgan fingerprint density at radius 3 is 2.28 bits per heavy atom. The number of benzene rings is 2. The molecule has 0 amide bonds. The average Bonchev–Trinajstić information content (AvgIpc) is 2.63. The number of anilines is 2. The van der Waals surface area contributed by atoms with Crippen LogP contribution in [0.4, 0.5) is 17.1 Å². The van der Waals surface area contributed by atoms with Gasteiger partial charge in [-0.05, 0) is 44.0 Å². The number of para-hydroxylation sites is 1. The molecule has 132 valence electrons. The van der Waals surface area contributed by atoms with Crippen molar-refractivity contribution in [2.45, 2.75) is 26.2 Å². The molecule has 0 heterocycles. The van der Waals surface area contributed by atoms with Gasteiger partial charge in [0.25, 0.3) is 5.69 Å². The van der Waals surface area contributed by atoms with Crippen LogP contribution in [0.2, 0.25) is 0 Å². The minimum absolute atomic E-state index is 0.0686. The third-order valence-electron chi connectivity index (χ3n) is 3.76. The lowest BCUT2D eigenvalue weighted by Gasteiger charge is -2.25. The maximum atomic E-state index is 11.4. The van der Waals surface area contributed by atoms with E-state index in [-0.39, 0.29) is 11.7 Å². The molecule has 2 rings (SSSR count). The van der Waals surface area contributed by atoms with Gasteiger partial charge in [-0.15, -0.1) is 0 Å². The van der Waals surface area contributed by atoms with Crippen LogP contribution >= 0.6 is 0 Å². The van der Waals surface area contributed by atoms with Crippen molar-refractivity contribution in [2.24, 2.45) is 0 Å². The number of carbonyl (C=O) groups excluding carboxylic acids is 1. The van der Waals surface area contributed by atoms with Crippen molar-refractivity contribution >= 4 is 23.0 Å². The van der Waals surface area contributed by atoms with Gasteiger partial charge >= 0.3 is 5.97 Å². The third-order valence-corrected chi connectivity index (χ3v) is 3.76. The predicted octanol–water partition coefficient (Wildman–Crippen LogP) is 4.47. The molecule has 6 nitrogen and oxygen atoms in total. The molecule has 0 fully saturated rings. The first kappa shape index (κ1) is 18.4. The molecular formula is C19H22N2O4. The summed E-state index contributed by atoms with van der Waals surface area (Å²) in [7, 11) is 0. The lowest BCUT2D eigenvalue weighted by Crippen LogP contribution is -2.18. The van der Waals surface area contributed by atoms with Crippen LogP contribution in [0, 0.1) is 10.1 Å². The molecule has 0 aromatic heterocycles. The summed E-state index contributed by atoms with van der Waals surface area (Å²) in [4.78, 5) is 23.9. The van der Waals surface area contributed by atoms with Crippen LogP contribution in [0.3, 0.4) is 0 Å². The van der Waals surface area contributed by atoms with E-state index in [9.17, 15) is 14.9 Å². The molecule has 0 saturated carbocycles. The first-order valence-electron chi connectivity index (χ1n) is 8.34.